The zero-order valence-electron chi connectivity index (χ0n) is 15.3. The normalized spacial score (nSPS) is 26.6. The summed E-state index contributed by atoms with van der Waals surface area (Å²) in [5.74, 6) is 0.954. The molecule has 7 heteroatoms. The zero-order chi connectivity index (χ0) is 18.1. The smallest absolute Gasteiger partial charge is 0.145 e. The van der Waals surface area contributed by atoms with E-state index in [1.54, 1.807) is 11.8 Å². The summed E-state index contributed by atoms with van der Waals surface area (Å²) in [5, 5.41) is 0. The second kappa shape index (κ2) is 7.60. The number of aryl methyl sites for hydroxylation is 1. The summed E-state index contributed by atoms with van der Waals surface area (Å²) in [7, 11) is 0. The number of nitrogens with zero attached hydrogens (tertiary/aromatic N) is 4. The van der Waals surface area contributed by atoms with Crippen LogP contribution in [0.25, 0.3) is 0 Å². The Bertz CT molecular complexity index is 694. The predicted molar refractivity (Wildman–Crippen MR) is 110 cm³/mol. The van der Waals surface area contributed by atoms with Crippen LogP contribution < -0.4 is 16.4 Å². The van der Waals surface area contributed by atoms with Crippen molar-refractivity contribution in [3.8, 4) is 0 Å². The van der Waals surface area contributed by atoms with E-state index in [-0.39, 0.29) is 11.7 Å². The minimum atomic E-state index is -0.235. The third kappa shape index (κ3) is 3.49. The van der Waals surface area contributed by atoms with E-state index in [1.807, 2.05) is 11.2 Å². The number of hydrogen-bond acceptors (Lipinski definition) is 7. The first-order chi connectivity index (χ1) is 12.6. The largest absolute Gasteiger partial charge is 0.330 e. The fourth-order valence-electron chi connectivity index (χ4n) is 3.77. The van der Waals surface area contributed by atoms with Gasteiger partial charge < -0.3 is 26.2 Å². The predicted octanol–water partition coefficient (Wildman–Crippen LogP) is 2.07. The second-order valence-corrected chi connectivity index (χ2v) is 8.38. The van der Waals surface area contributed by atoms with Gasteiger partial charge in [-0.2, -0.15) is 0 Å². The lowest BCUT2D eigenvalue weighted by Crippen LogP contribution is -2.45. The molecule has 0 saturated carbocycles. The molecule has 0 spiro atoms. The Hall–Kier alpha value is -1.54. The number of benzene rings is 1. The zero-order valence-corrected chi connectivity index (χ0v) is 16.2. The summed E-state index contributed by atoms with van der Waals surface area (Å²) >= 11 is 1.64. The average molecular weight is 373 g/mol. The van der Waals surface area contributed by atoms with Crippen molar-refractivity contribution >= 4 is 23.8 Å². The van der Waals surface area contributed by atoms with Crippen LogP contribution in [0.2, 0.25) is 0 Å². The number of nitrogens with two attached hydrogens (primary N) is 2. The third-order valence-corrected chi connectivity index (χ3v) is 6.53. The molecule has 2 unspecified atom stereocenters. The summed E-state index contributed by atoms with van der Waals surface area (Å²) in [6, 6.07) is 8.36. The molecule has 3 heterocycles. The van der Waals surface area contributed by atoms with Crippen molar-refractivity contribution in [1.29, 1.82) is 0 Å². The summed E-state index contributed by atoms with van der Waals surface area (Å²) in [6.45, 7) is 6.43. The van der Waals surface area contributed by atoms with Crippen LogP contribution in [0, 0.1) is 6.92 Å². The van der Waals surface area contributed by atoms with Crippen molar-refractivity contribution < 1.29 is 0 Å². The molecule has 3 aliphatic rings. The molecular formula is C19H28N6S. The maximum absolute atomic E-state index is 6.56. The SMILES string of the molecule is Cc1ccc(N2C=NC3=C(SC(N)N3CCN3CCCCC3)C2N)cc1. The van der Waals surface area contributed by atoms with Gasteiger partial charge in [0.2, 0.25) is 0 Å². The van der Waals surface area contributed by atoms with Gasteiger partial charge in [-0.15, -0.1) is 0 Å². The van der Waals surface area contributed by atoms with Gasteiger partial charge in [0.1, 0.15) is 17.5 Å². The van der Waals surface area contributed by atoms with Gasteiger partial charge in [0.25, 0.3) is 0 Å². The monoisotopic (exact) mass is 372 g/mol. The molecule has 140 valence electrons. The van der Waals surface area contributed by atoms with Gasteiger partial charge in [-0.1, -0.05) is 35.9 Å². The van der Waals surface area contributed by atoms with E-state index in [0.717, 1.165) is 29.5 Å². The lowest BCUT2D eigenvalue weighted by Gasteiger charge is -2.32. The molecule has 1 aromatic rings. The van der Waals surface area contributed by atoms with Crippen LogP contribution in [0.4, 0.5) is 5.69 Å². The molecule has 0 bridgehead atoms. The van der Waals surface area contributed by atoms with Crippen molar-refractivity contribution in [2.75, 3.05) is 31.1 Å². The van der Waals surface area contributed by atoms with Gasteiger partial charge in [-0.25, -0.2) is 4.99 Å². The van der Waals surface area contributed by atoms with Crippen LogP contribution in [0.1, 0.15) is 24.8 Å². The molecule has 4 N–H and O–H groups in total. The summed E-state index contributed by atoms with van der Waals surface area (Å²) in [5.41, 5.74) is 15.1. The topological polar surface area (TPSA) is 74.1 Å². The van der Waals surface area contributed by atoms with Gasteiger partial charge in [0, 0.05) is 18.8 Å². The molecule has 26 heavy (non-hydrogen) atoms. The number of aliphatic imine (C=N–C) groups is 1. The minimum absolute atomic E-state index is 0.106. The Morgan fingerprint density at radius 1 is 1.08 bits per heavy atom. The van der Waals surface area contributed by atoms with Crippen LogP contribution in [0.5, 0.6) is 0 Å². The number of piperidine rings is 1. The van der Waals surface area contributed by atoms with E-state index in [1.165, 1.54) is 37.9 Å². The van der Waals surface area contributed by atoms with E-state index >= 15 is 0 Å². The van der Waals surface area contributed by atoms with E-state index in [0.29, 0.717) is 0 Å². The lowest BCUT2D eigenvalue weighted by molar-refractivity contribution is 0.196. The number of anilines is 1. The van der Waals surface area contributed by atoms with Crippen molar-refractivity contribution in [2.45, 2.75) is 37.8 Å². The molecule has 0 radical (unpaired) electrons. The van der Waals surface area contributed by atoms with E-state index in [2.05, 4.69) is 41.0 Å². The molecule has 3 aliphatic heterocycles. The second-order valence-electron chi connectivity index (χ2n) is 7.22. The third-order valence-electron chi connectivity index (χ3n) is 5.36. The Morgan fingerprint density at radius 2 is 1.81 bits per heavy atom. The standard InChI is InChI=1S/C19H28N6S/c1-14-5-7-15(8-6-14)25-13-22-18-16(17(25)20)26-19(21)24(18)12-11-23-9-3-2-4-10-23/h5-8,13,17,19H,2-4,9-12,20-21H2,1H3. The van der Waals surface area contributed by atoms with Gasteiger partial charge in [-0.3, -0.25) is 0 Å². The van der Waals surface area contributed by atoms with Crippen LogP contribution in [-0.4, -0.2) is 54.0 Å². The summed E-state index contributed by atoms with van der Waals surface area (Å²) < 4.78 is 0. The molecule has 1 fully saturated rings. The Balaban J connectivity index is 1.46. The quantitative estimate of drug-likeness (QED) is 0.843. The molecular weight excluding hydrogens is 344 g/mol. The number of thioether (sulfide) groups is 1. The molecule has 1 aromatic carbocycles. The van der Waals surface area contributed by atoms with Crippen molar-refractivity contribution in [3.05, 3.63) is 40.6 Å². The molecule has 1 saturated heterocycles. The first-order valence-corrected chi connectivity index (χ1v) is 10.3. The maximum Gasteiger partial charge on any atom is 0.145 e. The van der Waals surface area contributed by atoms with Crippen LogP contribution in [0.3, 0.4) is 0 Å². The van der Waals surface area contributed by atoms with E-state index < -0.39 is 0 Å². The lowest BCUT2D eigenvalue weighted by atomic mass is 10.1. The van der Waals surface area contributed by atoms with Crippen molar-refractivity contribution in [3.63, 3.8) is 0 Å². The number of rotatable bonds is 4. The molecule has 2 atom stereocenters. The fraction of sp³-hybridized carbons (Fsp3) is 0.526. The minimum Gasteiger partial charge on any atom is -0.330 e. The highest BCUT2D eigenvalue weighted by Gasteiger charge is 2.37. The van der Waals surface area contributed by atoms with Gasteiger partial charge in [0.05, 0.1) is 11.2 Å². The molecule has 0 amide bonds. The van der Waals surface area contributed by atoms with Gasteiger partial charge >= 0.3 is 0 Å². The van der Waals surface area contributed by atoms with Crippen molar-refractivity contribution in [1.82, 2.24) is 9.80 Å². The molecule has 4 rings (SSSR count). The van der Waals surface area contributed by atoms with Crippen LogP contribution in [0.15, 0.2) is 40.0 Å². The molecule has 0 aromatic heterocycles. The maximum atomic E-state index is 6.56. The Labute approximate surface area is 159 Å². The number of likely N-dealkylation sites (tertiary alicyclic amines) is 1. The highest BCUT2D eigenvalue weighted by Crippen LogP contribution is 2.40. The fourth-order valence-corrected chi connectivity index (χ4v) is 4.89. The van der Waals surface area contributed by atoms with Gasteiger partial charge in [0.15, 0.2) is 0 Å². The van der Waals surface area contributed by atoms with Crippen LogP contribution in [-0.2, 0) is 0 Å². The molecule has 0 aliphatic carbocycles. The Morgan fingerprint density at radius 3 is 2.54 bits per heavy atom. The first kappa shape index (κ1) is 17.9. The Kier molecular flexibility index (Phi) is 5.22. The van der Waals surface area contributed by atoms with Crippen molar-refractivity contribution in [2.24, 2.45) is 16.5 Å². The van der Waals surface area contributed by atoms with E-state index in [4.69, 9.17) is 16.5 Å². The average Bonchev–Trinajstić information content (AvgIpc) is 2.98. The van der Waals surface area contributed by atoms with Crippen LogP contribution >= 0.6 is 11.8 Å². The first-order valence-electron chi connectivity index (χ1n) is 9.44. The highest BCUT2D eigenvalue weighted by atomic mass is 32.2. The van der Waals surface area contributed by atoms with E-state index in [9.17, 15) is 0 Å². The highest BCUT2D eigenvalue weighted by molar-refractivity contribution is 8.03. The number of hydrogen-bond donors (Lipinski definition) is 2. The van der Waals surface area contributed by atoms with Gasteiger partial charge in [-0.05, 0) is 45.0 Å². The summed E-state index contributed by atoms with van der Waals surface area (Å²) in [4.78, 5) is 12.6. The molecule has 6 nitrogen and oxygen atoms in total. The summed E-state index contributed by atoms with van der Waals surface area (Å²) in [6.07, 6.45) is 5.59.